The number of guanidine groups is 1. The zero-order chi connectivity index (χ0) is 17.5. The number of rotatable bonds is 5. The smallest absolute Gasteiger partial charge is 0.226 e. The molecule has 0 bridgehead atoms. The molecule has 0 saturated heterocycles. The molecule has 2 atom stereocenters. The molecule has 0 aliphatic heterocycles. The Kier molecular flexibility index (Phi) is 6.09. The van der Waals surface area contributed by atoms with Crippen LogP contribution in [-0.4, -0.2) is 23.5 Å². The molecule has 1 aromatic carbocycles. The lowest BCUT2D eigenvalue weighted by atomic mass is 9.87. The van der Waals surface area contributed by atoms with Gasteiger partial charge in [-0.25, -0.2) is 9.98 Å². The zero-order valence-electron chi connectivity index (χ0n) is 15.2. The van der Waals surface area contributed by atoms with E-state index in [1.54, 1.807) is 6.26 Å². The van der Waals surface area contributed by atoms with E-state index in [9.17, 15) is 0 Å². The molecular weight excluding hydrogens is 312 g/mol. The highest BCUT2D eigenvalue weighted by atomic mass is 16.3. The topological polar surface area (TPSA) is 62.5 Å². The summed E-state index contributed by atoms with van der Waals surface area (Å²) in [5.41, 5.74) is 1.83. The van der Waals surface area contributed by atoms with E-state index < -0.39 is 0 Å². The predicted molar refractivity (Wildman–Crippen MR) is 101 cm³/mol. The fourth-order valence-electron chi connectivity index (χ4n) is 3.33. The highest BCUT2D eigenvalue weighted by molar-refractivity contribution is 5.80. The van der Waals surface area contributed by atoms with Crippen molar-refractivity contribution in [1.29, 1.82) is 0 Å². The lowest BCUT2D eigenvalue weighted by Gasteiger charge is -2.28. The molecule has 0 spiro atoms. The van der Waals surface area contributed by atoms with Crippen LogP contribution in [0.15, 0.2) is 46.0 Å². The van der Waals surface area contributed by atoms with Crippen LogP contribution in [-0.2, 0) is 6.54 Å². The summed E-state index contributed by atoms with van der Waals surface area (Å²) in [6.45, 7) is 5.78. The van der Waals surface area contributed by atoms with Gasteiger partial charge in [-0.05, 0) is 37.8 Å². The summed E-state index contributed by atoms with van der Waals surface area (Å²) in [4.78, 5) is 9.22. The Hall–Kier alpha value is -2.30. The minimum Gasteiger partial charge on any atom is -0.444 e. The molecule has 0 radical (unpaired) electrons. The molecule has 1 saturated carbocycles. The number of oxazole rings is 1. The molecule has 2 unspecified atom stereocenters. The van der Waals surface area contributed by atoms with Gasteiger partial charge in [0, 0.05) is 18.2 Å². The number of benzene rings is 1. The third-order valence-electron chi connectivity index (χ3n) is 4.59. The highest BCUT2D eigenvalue weighted by Crippen LogP contribution is 2.23. The van der Waals surface area contributed by atoms with E-state index in [1.165, 1.54) is 25.7 Å². The third kappa shape index (κ3) is 5.08. The van der Waals surface area contributed by atoms with Gasteiger partial charge in [-0.3, -0.25) is 0 Å². The monoisotopic (exact) mass is 340 g/mol. The maximum absolute atomic E-state index is 5.59. The number of nitrogens with one attached hydrogen (secondary N) is 2. The van der Waals surface area contributed by atoms with Gasteiger partial charge in [0.25, 0.3) is 0 Å². The van der Waals surface area contributed by atoms with Crippen LogP contribution in [0.1, 0.15) is 45.2 Å². The molecule has 134 valence electrons. The van der Waals surface area contributed by atoms with Gasteiger partial charge in [0.2, 0.25) is 5.89 Å². The number of hydrogen-bond donors (Lipinski definition) is 2. The Morgan fingerprint density at radius 1 is 1.28 bits per heavy atom. The van der Waals surface area contributed by atoms with Crippen molar-refractivity contribution in [2.75, 3.05) is 6.54 Å². The molecule has 1 aliphatic carbocycles. The van der Waals surface area contributed by atoms with Gasteiger partial charge in [-0.2, -0.15) is 0 Å². The van der Waals surface area contributed by atoms with Crippen molar-refractivity contribution in [1.82, 2.24) is 15.6 Å². The molecule has 1 aliphatic rings. The van der Waals surface area contributed by atoms with Crippen molar-refractivity contribution >= 4 is 5.96 Å². The Balaban J connectivity index is 1.62. The second-order valence-corrected chi connectivity index (χ2v) is 6.82. The minimum absolute atomic E-state index is 0.508. The van der Waals surface area contributed by atoms with Crippen LogP contribution in [0.25, 0.3) is 11.5 Å². The number of aliphatic imine (C=N–C) groups is 1. The molecule has 0 amide bonds. The summed E-state index contributed by atoms with van der Waals surface area (Å²) < 4.78 is 5.59. The zero-order valence-corrected chi connectivity index (χ0v) is 15.2. The molecule has 5 nitrogen and oxygen atoms in total. The van der Waals surface area contributed by atoms with Crippen molar-refractivity contribution in [3.63, 3.8) is 0 Å². The molecule has 25 heavy (non-hydrogen) atoms. The lowest BCUT2D eigenvalue weighted by molar-refractivity contribution is 0.324. The molecule has 5 heteroatoms. The van der Waals surface area contributed by atoms with Crippen LogP contribution in [0.5, 0.6) is 0 Å². The molecule has 2 N–H and O–H groups in total. The molecule has 1 aromatic heterocycles. The van der Waals surface area contributed by atoms with Crippen LogP contribution < -0.4 is 10.6 Å². The first-order valence-corrected chi connectivity index (χ1v) is 9.29. The van der Waals surface area contributed by atoms with Gasteiger partial charge in [-0.1, -0.05) is 38.0 Å². The van der Waals surface area contributed by atoms with E-state index >= 15 is 0 Å². The first-order chi connectivity index (χ1) is 12.2. The third-order valence-corrected chi connectivity index (χ3v) is 4.59. The van der Waals surface area contributed by atoms with Gasteiger partial charge < -0.3 is 15.1 Å². The molecule has 1 heterocycles. The summed E-state index contributed by atoms with van der Waals surface area (Å²) >= 11 is 0. The predicted octanol–water partition coefficient (Wildman–Crippen LogP) is 3.98. The summed E-state index contributed by atoms with van der Waals surface area (Å²) in [5.74, 6) is 2.30. The van der Waals surface area contributed by atoms with Crippen molar-refractivity contribution in [3.05, 3.63) is 42.3 Å². The van der Waals surface area contributed by atoms with Crippen LogP contribution in [0, 0.1) is 5.92 Å². The van der Waals surface area contributed by atoms with Gasteiger partial charge >= 0.3 is 0 Å². The number of nitrogens with zero attached hydrogens (tertiary/aromatic N) is 2. The summed E-state index contributed by atoms with van der Waals surface area (Å²) in [5, 5.41) is 6.91. The lowest BCUT2D eigenvalue weighted by Crippen LogP contribution is -2.45. The van der Waals surface area contributed by atoms with Gasteiger partial charge in [-0.15, -0.1) is 0 Å². The van der Waals surface area contributed by atoms with E-state index in [4.69, 9.17) is 4.42 Å². The van der Waals surface area contributed by atoms with Crippen molar-refractivity contribution < 1.29 is 4.42 Å². The number of aromatic nitrogens is 1. The average Bonchev–Trinajstić information content (AvgIpc) is 3.10. The Morgan fingerprint density at radius 3 is 2.88 bits per heavy atom. The van der Waals surface area contributed by atoms with Gasteiger partial charge in [0.15, 0.2) is 5.96 Å². The van der Waals surface area contributed by atoms with Crippen molar-refractivity contribution in [3.8, 4) is 11.5 Å². The Labute approximate surface area is 150 Å². The van der Waals surface area contributed by atoms with E-state index in [0.717, 1.165) is 29.7 Å². The van der Waals surface area contributed by atoms with E-state index in [0.29, 0.717) is 18.5 Å². The van der Waals surface area contributed by atoms with Crippen LogP contribution in [0.4, 0.5) is 0 Å². The maximum Gasteiger partial charge on any atom is 0.226 e. The minimum atomic E-state index is 0.508. The fourth-order valence-corrected chi connectivity index (χ4v) is 3.33. The highest BCUT2D eigenvalue weighted by Gasteiger charge is 2.19. The van der Waals surface area contributed by atoms with Crippen molar-refractivity contribution in [2.45, 2.75) is 52.1 Å². The maximum atomic E-state index is 5.59. The van der Waals surface area contributed by atoms with Gasteiger partial charge in [0.05, 0.1) is 6.54 Å². The first-order valence-electron chi connectivity index (χ1n) is 9.29. The number of hydrogen-bond acceptors (Lipinski definition) is 3. The second kappa shape index (κ2) is 8.70. The largest absolute Gasteiger partial charge is 0.444 e. The quantitative estimate of drug-likeness (QED) is 0.638. The second-order valence-electron chi connectivity index (χ2n) is 6.82. The summed E-state index contributed by atoms with van der Waals surface area (Å²) in [6.07, 6.45) is 6.76. The average molecular weight is 340 g/mol. The van der Waals surface area contributed by atoms with E-state index in [1.807, 2.05) is 30.3 Å². The SMILES string of the molecule is CCNC(=NCc1coc(-c2ccccc2)n1)NC1CCCC(C)C1. The Morgan fingerprint density at radius 2 is 2.12 bits per heavy atom. The normalized spacial score (nSPS) is 21.1. The fraction of sp³-hybridized carbons (Fsp3) is 0.500. The molecular formula is C20H28N4O. The van der Waals surface area contributed by atoms with Crippen LogP contribution >= 0.6 is 0 Å². The van der Waals surface area contributed by atoms with Crippen molar-refractivity contribution in [2.24, 2.45) is 10.9 Å². The first kappa shape index (κ1) is 17.5. The standard InChI is InChI=1S/C20H28N4O/c1-3-21-20(24-17-11-7-8-15(2)12-17)22-13-18-14-25-19(23-18)16-9-5-4-6-10-16/h4-6,9-10,14-15,17H,3,7-8,11-13H2,1-2H3,(H2,21,22,24). The van der Waals surface area contributed by atoms with E-state index in [-0.39, 0.29) is 0 Å². The van der Waals surface area contributed by atoms with Crippen LogP contribution in [0.2, 0.25) is 0 Å². The summed E-state index contributed by atoms with van der Waals surface area (Å²) in [7, 11) is 0. The van der Waals surface area contributed by atoms with E-state index in [2.05, 4.69) is 34.5 Å². The van der Waals surface area contributed by atoms with Gasteiger partial charge in [0.1, 0.15) is 12.0 Å². The molecule has 2 aromatic rings. The Bertz CT molecular complexity index is 680. The van der Waals surface area contributed by atoms with Crippen LogP contribution in [0.3, 0.4) is 0 Å². The molecule has 3 rings (SSSR count). The summed E-state index contributed by atoms with van der Waals surface area (Å²) in [6, 6.07) is 10.5. The molecule has 1 fully saturated rings.